The lowest BCUT2D eigenvalue weighted by atomic mass is 10.1. The Hall–Kier alpha value is -2.80. The lowest BCUT2D eigenvalue weighted by Crippen LogP contribution is -2.13. The van der Waals surface area contributed by atoms with Crippen LogP contribution in [0.15, 0.2) is 60.2 Å². The fraction of sp³-hybridized carbons (Fsp3) is 0.0833. The van der Waals surface area contributed by atoms with Crippen LogP contribution < -0.4 is 14.8 Å². The summed E-state index contributed by atoms with van der Waals surface area (Å²) in [6.07, 6.45) is 1.43. The van der Waals surface area contributed by atoms with Gasteiger partial charge in [-0.05, 0) is 76.2 Å². The van der Waals surface area contributed by atoms with Gasteiger partial charge in [0, 0.05) is 0 Å². The molecule has 3 aromatic rings. The smallest absolute Gasteiger partial charge is 0.266 e. The molecule has 3 rings (SSSR count). The normalized spacial score (nSPS) is 11.0. The van der Waals surface area contributed by atoms with Crippen LogP contribution in [0, 0.1) is 20.7 Å². The summed E-state index contributed by atoms with van der Waals surface area (Å²) in [6.45, 7) is 0.144. The first-order chi connectivity index (χ1) is 15.8. The molecule has 0 spiro atoms. The number of nitriles is 1. The molecule has 0 aliphatic rings. The van der Waals surface area contributed by atoms with Gasteiger partial charge in [0.25, 0.3) is 5.91 Å². The number of carbonyl (C=O) groups is 1. The molecule has 0 radical (unpaired) electrons. The van der Waals surface area contributed by atoms with Gasteiger partial charge in [0.05, 0.1) is 26.4 Å². The molecule has 33 heavy (non-hydrogen) atoms. The van der Waals surface area contributed by atoms with Gasteiger partial charge < -0.3 is 14.8 Å². The Bertz CT molecular complexity index is 1280. The van der Waals surface area contributed by atoms with Crippen LogP contribution in [0.2, 0.25) is 10.0 Å². The summed E-state index contributed by atoms with van der Waals surface area (Å²) in [5, 5.41) is 12.6. The summed E-state index contributed by atoms with van der Waals surface area (Å²) in [5.74, 6) is -0.116. The molecular formula is C24H16Cl2FIN2O3. The van der Waals surface area contributed by atoms with E-state index in [-0.39, 0.29) is 28.0 Å². The molecule has 0 bridgehead atoms. The van der Waals surface area contributed by atoms with Gasteiger partial charge in [-0.2, -0.15) is 5.26 Å². The topological polar surface area (TPSA) is 71.3 Å². The second-order valence-corrected chi connectivity index (χ2v) is 8.63. The molecular weight excluding hydrogens is 581 g/mol. The number of halogens is 4. The summed E-state index contributed by atoms with van der Waals surface area (Å²) >= 11 is 14.1. The number of hydrogen-bond acceptors (Lipinski definition) is 4. The molecule has 0 heterocycles. The Labute approximate surface area is 213 Å². The second kappa shape index (κ2) is 11.4. The molecule has 0 saturated heterocycles. The predicted molar refractivity (Wildman–Crippen MR) is 135 cm³/mol. The van der Waals surface area contributed by atoms with E-state index in [1.165, 1.54) is 25.3 Å². The number of nitrogens with one attached hydrogen (secondary N) is 1. The molecule has 0 fully saturated rings. The molecule has 0 unspecified atom stereocenters. The van der Waals surface area contributed by atoms with E-state index in [4.69, 9.17) is 32.7 Å². The van der Waals surface area contributed by atoms with Crippen molar-refractivity contribution in [2.75, 3.05) is 12.4 Å². The molecule has 0 atom stereocenters. The van der Waals surface area contributed by atoms with E-state index in [1.807, 2.05) is 6.07 Å². The minimum Gasteiger partial charge on any atom is -0.493 e. The number of anilines is 1. The van der Waals surface area contributed by atoms with E-state index >= 15 is 0 Å². The zero-order valence-electron chi connectivity index (χ0n) is 17.2. The lowest BCUT2D eigenvalue weighted by molar-refractivity contribution is -0.112. The van der Waals surface area contributed by atoms with E-state index in [1.54, 1.807) is 42.5 Å². The highest BCUT2D eigenvalue weighted by Gasteiger charge is 2.16. The van der Waals surface area contributed by atoms with Crippen molar-refractivity contribution in [3.63, 3.8) is 0 Å². The minimum absolute atomic E-state index is 0.141. The zero-order valence-corrected chi connectivity index (χ0v) is 20.8. The quantitative estimate of drug-likeness (QED) is 0.184. The molecule has 1 amide bonds. The molecule has 168 valence electrons. The highest BCUT2D eigenvalue weighted by molar-refractivity contribution is 14.1. The number of amides is 1. The average Bonchev–Trinajstić information content (AvgIpc) is 2.79. The van der Waals surface area contributed by atoms with E-state index in [0.717, 1.165) is 0 Å². The summed E-state index contributed by atoms with van der Waals surface area (Å²) in [7, 11) is 1.48. The molecule has 0 saturated carbocycles. The third kappa shape index (κ3) is 6.38. The maximum Gasteiger partial charge on any atom is 0.266 e. The molecule has 3 aromatic carbocycles. The SMILES string of the molecule is COc1cc(/C=C(/C#N)C(=O)Nc2cccc(Cl)c2Cl)cc(I)c1OCc1cccc(F)c1. The zero-order chi connectivity index (χ0) is 24.0. The van der Waals surface area contributed by atoms with E-state index in [2.05, 4.69) is 27.9 Å². The fourth-order valence-electron chi connectivity index (χ4n) is 2.85. The Morgan fingerprint density at radius 3 is 2.67 bits per heavy atom. The van der Waals surface area contributed by atoms with Gasteiger partial charge >= 0.3 is 0 Å². The summed E-state index contributed by atoms with van der Waals surface area (Å²) < 4.78 is 25.4. The van der Waals surface area contributed by atoms with Gasteiger partial charge in [-0.15, -0.1) is 0 Å². The Morgan fingerprint density at radius 1 is 1.21 bits per heavy atom. The lowest BCUT2D eigenvalue weighted by Gasteiger charge is -2.14. The third-order valence-electron chi connectivity index (χ3n) is 4.40. The van der Waals surface area contributed by atoms with Crippen molar-refractivity contribution in [1.82, 2.24) is 0 Å². The number of nitrogens with zero attached hydrogens (tertiary/aromatic N) is 1. The van der Waals surface area contributed by atoms with E-state index < -0.39 is 5.91 Å². The van der Waals surface area contributed by atoms with Crippen LogP contribution in [0.1, 0.15) is 11.1 Å². The maximum atomic E-state index is 13.4. The van der Waals surface area contributed by atoms with Crippen LogP contribution >= 0.6 is 45.8 Å². The first-order valence-electron chi connectivity index (χ1n) is 9.44. The highest BCUT2D eigenvalue weighted by Crippen LogP contribution is 2.35. The maximum absolute atomic E-state index is 13.4. The Balaban J connectivity index is 1.84. The van der Waals surface area contributed by atoms with Crippen molar-refractivity contribution in [3.05, 3.63) is 90.7 Å². The van der Waals surface area contributed by atoms with Crippen LogP contribution in [-0.4, -0.2) is 13.0 Å². The number of benzene rings is 3. The van der Waals surface area contributed by atoms with E-state index in [0.29, 0.717) is 31.9 Å². The van der Waals surface area contributed by atoms with Gasteiger partial charge in [-0.25, -0.2) is 4.39 Å². The van der Waals surface area contributed by atoms with Gasteiger partial charge in [0.2, 0.25) is 0 Å². The van der Waals surface area contributed by atoms with E-state index in [9.17, 15) is 14.4 Å². The molecule has 1 N–H and O–H groups in total. The van der Waals surface area contributed by atoms with Crippen molar-refractivity contribution in [3.8, 4) is 17.6 Å². The van der Waals surface area contributed by atoms with Crippen molar-refractivity contribution < 1.29 is 18.7 Å². The largest absolute Gasteiger partial charge is 0.493 e. The Morgan fingerprint density at radius 2 is 1.97 bits per heavy atom. The van der Waals surface area contributed by atoms with Crippen molar-refractivity contribution in [2.24, 2.45) is 0 Å². The van der Waals surface area contributed by atoms with Crippen LogP contribution in [-0.2, 0) is 11.4 Å². The molecule has 5 nitrogen and oxygen atoms in total. The van der Waals surface area contributed by atoms with Crippen molar-refractivity contribution in [2.45, 2.75) is 6.61 Å². The van der Waals surface area contributed by atoms with Crippen molar-refractivity contribution >= 4 is 63.5 Å². The number of methoxy groups -OCH3 is 1. The van der Waals surface area contributed by atoms with Gasteiger partial charge in [-0.1, -0.05) is 41.4 Å². The van der Waals surface area contributed by atoms with Gasteiger partial charge in [0.15, 0.2) is 11.5 Å². The van der Waals surface area contributed by atoms with Gasteiger partial charge in [0.1, 0.15) is 24.1 Å². The molecule has 0 aromatic heterocycles. The first kappa shape index (κ1) is 24.8. The number of ether oxygens (including phenoxy) is 2. The number of carbonyl (C=O) groups excluding carboxylic acids is 1. The summed E-state index contributed by atoms with van der Waals surface area (Å²) in [4.78, 5) is 12.6. The van der Waals surface area contributed by atoms with Crippen LogP contribution in [0.5, 0.6) is 11.5 Å². The van der Waals surface area contributed by atoms with Crippen LogP contribution in [0.3, 0.4) is 0 Å². The predicted octanol–water partition coefficient (Wildman–Crippen LogP) is 6.87. The number of hydrogen-bond donors (Lipinski definition) is 1. The standard InChI is InChI=1S/C24H16Cl2FIN2O3/c1-32-21-11-15(10-19(28)23(21)33-13-14-4-2-5-17(27)9-14)8-16(12-29)24(31)30-20-7-3-6-18(25)22(20)26/h2-11H,13H2,1H3,(H,30,31)/b16-8-. The summed E-state index contributed by atoms with van der Waals surface area (Å²) in [6, 6.07) is 16.2. The Kier molecular flexibility index (Phi) is 8.55. The third-order valence-corrected chi connectivity index (χ3v) is 6.02. The highest BCUT2D eigenvalue weighted by atomic mass is 127. The van der Waals surface area contributed by atoms with Crippen LogP contribution in [0.25, 0.3) is 6.08 Å². The second-order valence-electron chi connectivity index (χ2n) is 6.68. The van der Waals surface area contributed by atoms with Crippen molar-refractivity contribution in [1.29, 1.82) is 5.26 Å². The minimum atomic E-state index is -0.637. The fourth-order valence-corrected chi connectivity index (χ4v) is 3.98. The summed E-state index contributed by atoms with van der Waals surface area (Å²) in [5.41, 5.74) is 1.37. The average molecular weight is 597 g/mol. The molecule has 0 aliphatic carbocycles. The monoisotopic (exact) mass is 596 g/mol. The first-order valence-corrected chi connectivity index (χ1v) is 11.3. The number of rotatable bonds is 7. The van der Waals surface area contributed by atoms with Crippen LogP contribution in [0.4, 0.5) is 10.1 Å². The molecule has 9 heteroatoms. The van der Waals surface area contributed by atoms with Gasteiger partial charge in [-0.3, -0.25) is 4.79 Å². The molecule has 0 aliphatic heterocycles.